The summed E-state index contributed by atoms with van der Waals surface area (Å²) >= 11 is 0. The summed E-state index contributed by atoms with van der Waals surface area (Å²) in [5.41, 5.74) is 0.642. The van der Waals surface area contributed by atoms with Crippen LogP contribution in [0, 0.1) is 0 Å². The topological polar surface area (TPSA) is 51.7 Å². The van der Waals surface area contributed by atoms with Crippen LogP contribution in [0.1, 0.15) is 36.0 Å². The molecule has 1 saturated heterocycles. The second-order valence-corrected chi connectivity index (χ2v) is 5.50. The molecule has 0 atom stereocenters. The lowest BCUT2D eigenvalue weighted by Crippen LogP contribution is -2.44. The number of pyridine rings is 1. The standard InChI is InChI=1S/C15H20N2O3/c1-17(14(18)12-3-2-8-16-11-12)13-4-6-15(7-5-13)19-9-10-20-15/h2-3,8,11,13H,4-7,9-10H2,1H3. The van der Waals surface area contributed by atoms with Gasteiger partial charge in [0.05, 0.1) is 18.8 Å². The molecule has 0 N–H and O–H groups in total. The third-order valence-electron chi connectivity index (χ3n) is 4.31. The molecule has 1 saturated carbocycles. The highest BCUT2D eigenvalue weighted by molar-refractivity contribution is 5.93. The molecular formula is C15H20N2O3. The van der Waals surface area contributed by atoms with Crippen molar-refractivity contribution in [3.05, 3.63) is 30.1 Å². The van der Waals surface area contributed by atoms with E-state index in [1.165, 1.54) is 0 Å². The van der Waals surface area contributed by atoms with Crippen LogP contribution in [-0.2, 0) is 9.47 Å². The van der Waals surface area contributed by atoms with E-state index in [-0.39, 0.29) is 17.7 Å². The molecule has 0 aromatic carbocycles. The SMILES string of the molecule is CN(C(=O)c1cccnc1)C1CCC2(CC1)OCCO2. The van der Waals surface area contributed by atoms with E-state index >= 15 is 0 Å². The van der Waals surface area contributed by atoms with Gasteiger partial charge in [-0.2, -0.15) is 0 Å². The van der Waals surface area contributed by atoms with Crippen LogP contribution >= 0.6 is 0 Å². The zero-order chi connectivity index (χ0) is 14.0. The quantitative estimate of drug-likeness (QED) is 0.827. The monoisotopic (exact) mass is 276 g/mol. The van der Waals surface area contributed by atoms with Crippen molar-refractivity contribution in [2.75, 3.05) is 20.3 Å². The fourth-order valence-electron chi connectivity index (χ4n) is 3.07. The number of aromatic nitrogens is 1. The molecule has 0 bridgehead atoms. The van der Waals surface area contributed by atoms with Crippen LogP contribution in [0.3, 0.4) is 0 Å². The second-order valence-electron chi connectivity index (χ2n) is 5.50. The van der Waals surface area contributed by atoms with Crippen LogP contribution in [0.5, 0.6) is 0 Å². The minimum atomic E-state index is -0.366. The smallest absolute Gasteiger partial charge is 0.255 e. The van der Waals surface area contributed by atoms with Crippen molar-refractivity contribution in [3.63, 3.8) is 0 Å². The van der Waals surface area contributed by atoms with Crippen LogP contribution in [0.2, 0.25) is 0 Å². The molecule has 1 amide bonds. The number of carbonyl (C=O) groups excluding carboxylic acids is 1. The summed E-state index contributed by atoms with van der Waals surface area (Å²) in [6.45, 7) is 1.38. The van der Waals surface area contributed by atoms with Gasteiger partial charge in [0.2, 0.25) is 0 Å². The number of amides is 1. The van der Waals surface area contributed by atoms with Crippen molar-refractivity contribution in [1.29, 1.82) is 0 Å². The second kappa shape index (κ2) is 5.50. The van der Waals surface area contributed by atoms with Gasteiger partial charge in [0, 0.05) is 38.3 Å². The van der Waals surface area contributed by atoms with Crippen LogP contribution < -0.4 is 0 Å². The van der Waals surface area contributed by atoms with Crippen molar-refractivity contribution in [2.24, 2.45) is 0 Å². The minimum Gasteiger partial charge on any atom is -0.348 e. The predicted octanol–water partition coefficient (Wildman–Crippen LogP) is 1.84. The van der Waals surface area contributed by atoms with E-state index < -0.39 is 0 Å². The highest BCUT2D eigenvalue weighted by Crippen LogP contribution is 2.37. The zero-order valence-corrected chi connectivity index (χ0v) is 11.7. The van der Waals surface area contributed by atoms with Gasteiger partial charge in [-0.1, -0.05) is 0 Å². The van der Waals surface area contributed by atoms with E-state index in [4.69, 9.17) is 9.47 Å². The van der Waals surface area contributed by atoms with Gasteiger partial charge in [0.1, 0.15) is 0 Å². The maximum Gasteiger partial charge on any atom is 0.255 e. The molecule has 5 heteroatoms. The van der Waals surface area contributed by atoms with Crippen molar-refractivity contribution in [1.82, 2.24) is 9.88 Å². The lowest BCUT2D eigenvalue weighted by atomic mass is 9.89. The summed E-state index contributed by atoms with van der Waals surface area (Å²) < 4.78 is 11.4. The fraction of sp³-hybridized carbons (Fsp3) is 0.600. The molecular weight excluding hydrogens is 256 g/mol. The van der Waals surface area contributed by atoms with Gasteiger partial charge in [0.15, 0.2) is 5.79 Å². The maximum atomic E-state index is 12.4. The number of rotatable bonds is 2. The Morgan fingerprint density at radius 3 is 2.65 bits per heavy atom. The Hall–Kier alpha value is -1.46. The van der Waals surface area contributed by atoms with Gasteiger partial charge < -0.3 is 14.4 Å². The lowest BCUT2D eigenvalue weighted by Gasteiger charge is -2.39. The van der Waals surface area contributed by atoms with Crippen LogP contribution in [0.15, 0.2) is 24.5 Å². The van der Waals surface area contributed by atoms with E-state index in [1.54, 1.807) is 24.5 Å². The molecule has 0 unspecified atom stereocenters. The summed E-state index contributed by atoms with van der Waals surface area (Å²) in [6.07, 6.45) is 6.86. The van der Waals surface area contributed by atoms with Gasteiger partial charge >= 0.3 is 0 Å². The largest absolute Gasteiger partial charge is 0.348 e. The first-order valence-electron chi connectivity index (χ1n) is 7.15. The van der Waals surface area contributed by atoms with Gasteiger partial charge in [0.25, 0.3) is 5.91 Å². The molecule has 108 valence electrons. The number of hydrogen-bond acceptors (Lipinski definition) is 4. The average molecular weight is 276 g/mol. The van der Waals surface area contributed by atoms with Crippen molar-refractivity contribution < 1.29 is 14.3 Å². The van der Waals surface area contributed by atoms with Crippen LogP contribution in [-0.4, -0.2) is 47.9 Å². The first-order valence-corrected chi connectivity index (χ1v) is 7.15. The number of nitrogens with zero attached hydrogens (tertiary/aromatic N) is 2. The van der Waals surface area contributed by atoms with Gasteiger partial charge in [-0.3, -0.25) is 9.78 Å². The Morgan fingerprint density at radius 2 is 2.05 bits per heavy atom. The highest BCUT2D eigenvalue weighted by atomic mass is 16.7. The molecule has 1 aromatic rings. The molecule has 0 radical (unpaired) electrons. The molecule has 2 heterocycles. The lowest BCUT2D eigenvalue weighted by molar-refractivity contribution is -0.182. The van der Waals surface area contributed by atoms with Gasteiger partial charge in [-0.15, -0.1) is 0 Å². The summed E-state index contributed by atoms with van der Waals surface area (Å²) in [6, 6.07) is 3.84. The summed E-state index contributed by atoms with van der Waals surface area (Å²) in [5, 5.41) is 0. The molecule has 2 aliphatic rings. The summed E-state index contributed by atoms with van der Waals surface area (Å²) in [5.74, 6) is -0.332. The maximum absolute atomic E-state index is 12.4. The molecule has 1 spiro atoms. The Balaban J connectivity index is 1.61. The van der Waals surface area contributed by atoms with E-state index in [0.717, 1.165) is 25.7 Å². The summed E-state index contributed by atoms with van der Waals surface area (Å²) in [7, 11) is 1.87. The zero-order valence-electron chi connectivity index (χ0n) is 11.7. The van der Waals surface area contributed by atoms with E-state index in [0.29, 0.717) is 18.8 Å². The summed E-state index contributed by atoms with van der Waals surface area (Å²) in [4.78, 5) is 18.2. The molecule has 1 aliphatic heterocycles. The molecule has 1 aliphatic carbocycles. The Morgan fingerprint density at radius 1 is 1.35 bits per heavy atom. The third kappa shape index (κ3) is 2.55. The molecule has 20 heavy (non-hydrogen) atoms. The molecule has 3 rings (SSSR count). The van der Waals surface area contributed by atoms with E-state index in [9.17, 15) is 4.79 Å². The Bertz CT molecular complexity index is 461. The van der Waals surface area contributed by atoms with E-state index in [2.05, 4.69) is 4.98 Å². The normalized spacial score (nSPS) is 22.1. The number of hydrogen-bond donors (Lipinski definition) is 0. The number of carbonyl (C=O) groups is 1. The average Bonchev–Trinajstić information content (AvgIpc) is 2.96. The van der Waals surface area contributed by atoms with Crippen molar-refractivity contribution in [3.8, 4) is 0 Å². The van der Waals surface area contributed by atoms with Crippen molar-refractivity contribution in [2.45, 2.75) is 37.5 Å². The Kier molecular flexibility index (Phi) is 3.72. The first kappa shape index (κ1) is 13.5. The van der Waals surface area contributed by atoms with E-state index in [1.807, 2.05) is 11.9 Å². The Labute approximate surface area is 118 Å². The highest BCUT2D eigenvalue weighted by Gasteiger charge is 2.41. The van der Waals surface area contributed by atoms with Crippen LogP contribution in [0.4, 0.5) is 0 Å². The minimum absolute atomic E-state index is 0.0345. The van der Waals surface area contributed by atoms with Gasteiger partial charge in [-0.05, 0) is 25.0 Å². The first-order chi connectivity index (χ1) is 9.70. The fourth-order valence-corrected chi connectivity index (χ4v) is 3.07. The van der Waals surface area contributed by atoms with Gasteiger partial charge in [-0.25, -0.2) is 0 Å². The third-order valence-corrected chi connectivity index (χ3v) is 4.31. The van der Waals surface area contributed by atoms with Crippen molar-refractivity contribution >= 4 is 5.91 Å². The number of ether oxygens (including phenoxy) is 2. The predicted molar refractivity (Wildman–Crippen MR) is 73.2 cm³/mol. The molecule has 1 aromatic heterocycles. The van der Waals surface area contributed by atoms with Crippen LogP contribution in [0.25, 0.3) is 0 Å². The molecule has 5 nitrogen and oxygen atoms in total. The molecule has 2 fully saturated rings.